The number of rotatable bonds is 9. The second-order valence-electron chi connectivity index (χ2n) is 4.89. The Bertz CT molecular complexity index is 536. The minimum Gasteiger partial charge on any atom is -0.497 e. The predicted octanol–water partition coefficient (Wildman–Crippen LogP) is 3.50. The van der Waals surface area contributed by atoms with Gasteiger partial charge in [-0.1, -0.05) is 19.1 Å². The summed E-state index contributed by atoms with van der Waals surface area (Å²) < 4.78 is 16.5. The van der Waals surface area contributed by atoms with E-state index < -0.39 is 0 Å². The van der Waals surface area contributed by atoms with Crippen LogP contribution in [0.5, 0.6) is 5.75 Å². The molecule has 1 aromatic heterocycles. The van der Waals surface area contributed by atoms with Gasteiger partial charge in [0.25, 0.3) is 0 Å². The fraction of sp³-hybridized carbons (Fsp3) is 0.412. The van der Waals surface area contributed by atoms with Crippen molar-refractivity contribution in [1.82, 2.24) is 5.32 Å². The Morgan fingerprint density at radius 1 is 1.19 bits per heavy atom. The molecule has 4 nitrogen and oxygen atoms in total. The fourth-order valence-electron chi connectivity index (χ4n) is 2.07. The molecule has 2 rings (SSSR count). The fourth-order valence-corrected chi connectivity index (χ4v) is 2.07. The Hall–Kier alpha value is -1.78. The SMILES string of the molecule is CCCNCc1occc1COCc1cccc(OC)c1. The highest BCUT2D eigenvalue weighted by atomic mass is 16.5. The van der Waals surface area contributed by atoms with Crippen molar-refractivity contribution in [2.75, 3.05) is 13.7 Å². The smallest absolute Gasteiger partial charge is 0.123 e. The lowest BCUT2D eigenvalue weighted by Crippen LogP contribution is -2.14. The summed E-state index contributed by atoms with van der Waals surface area (Å²) in [7, 11) is 1.67. The Labute approximate surface area is 126 Å². The largest absolute Gasteiger partial charge is 0.497 e. The van der Waals surface area contributed by atoms with Crippen molar-refractivity contribution in [3.8, 4) is 5.75 Å². The highest BCUT2D eigenvalue weighted by molar-refractivity contribution is 5.28. The first kappa shape index (κ1) is 15.6. The van der Waals surface area contributed by atoms with E-state index in [1.807, 2.05) is 30.3 Å². The molecule has 1 heterocycles. The summed E-state index contributed by atoms with van der Waals surface area (Å²) >= 11 is 0. The molecular formula is C17H23NO3. The number of furan rings is 1. The molecule has 114 valence electrons. The van der Waals surface area contributed by atoms with Crippen LogP contribution in [0.1, 0.15) is 30.2 Å². The van der Waals surface area contributed by atoms with Crippen LogP contribution in [-0.2, 0) is 24.5 Å². The van der Waals surface area contributed by atoms with Crippen LogP contribution < -0.4 is 10.1 Å². The molecule has 0 fully saturated rings. The number of hydrogen-bond acceptors (Lipinski definition) is 4. The molecule has 1 N–H and O–H groups in total. The van der Waals surface area contributed by atoms with Crippen molar-refractivity contribution in [1.29, 1.82) is 0 Å². The van der Waals surface area contributed by atoms with E-state index in [1.54, 1.807) is 13.4 Å². The third-order valence-electron chi connectivity index (χ3n) is 3.21. The molecule has 0 aliphatic carbocycles. The maximum atomic E-state index is 5.77. The van der Waals surface area contributed by atoms with Gasteiger partial charge in [-0.2, -0.15) is 0 Å². The first-order valence-corrected chi connectivity index (χ1v) is 7.30. The van der Waals surface area contributed by atoms with E-state index in [-0.39, 0.29) is 0 Å². The van der Waals surface area contributed by atoms with E-state index in [1.165, 1.54) is 0 Å². The quantitative estimate of drug-likeness (QED) is 0.717. The van der Waals surface area contributed by atoms with Crippen molar-refractivity contribution >= 4 is 0 Å². The lowest BCUT2D eigenvalue weighted by Gasteiger charge is -2.07. The number of nitrogens with one attached hydrogen (secondary N) is 1. The van der Waals surface area contributed by atoms with E-state index in [9.17, 15) is 0 Å². The van der Waals surface area contributed by atoms with Gasteiger partial charge in [-0.3, -0.25) is 0 Å². The summed E-state index contributed by atoms with van der Waals surface area (Å²) in [6.07, 6.45) is 2.83. The van der Waals surface area contributed by atoms with Gasteiger partial charge in [0.1, 0.15) is 11.5 Å². The molecule has 0 atom stereocenters. The minimum atomic E-state index is 0.552. The minimum absolute atomic E-state index is 0.552. The number of hydrogen-bond donors (Lipinski definition) is 1. The summed E-state index contributed by atoms with van der Waals surface area (Å²) in [5.41, 5.74) is 2.20. The Kier molecular flexibility index (Phi) is 6.31. The summed E-state index contributed by atoms with van der Waals surface area (Å²) in [6, 6.07) is 9.88. The average molecular weight is 289 g/mol. The van der Waals surface area contributed by atoms with Crippen LogP contribution in [0.4, 0.5) is 0 Å². The van der Waals surface area contributed by atoms with E-state index in [2.05, 4.69) is 12.2 Å². The van der Waals surface area contributed by atoms with Gasteiger partial charge in [0.15, 0.2) is 0 Å². The van der Waals surface area contributed by atoms with Gasteiger partial charge in [0, 0.05) is 5.56 Å². The summed E-state index contributed by atoms with van der Waals surface area (Å²) in [6.45, 7) is 5.00. The lowest BCUT2D eigenvalue weighted by molar-refractivity contribution is 0.105. The highest BCUT2D eigenvalue weighted by Gasteiger charge is 2.06. The van der Waals surface area contributed by atoms with E-state index in [0.29, 0.717) is 13.2 Å². The molecule has 0 aliphatic rings. The molecule has 0 spiro atoms. The standard InChI is InChI=1S/C17H23NO3/c1-3-8-18-11-17-15(7-9-21-17)13-20-12-14-5-4-6-16(10-14)19-2/h4-7,9-10,18H,3,8,11-13H2,1-2H3. The van der Waals surface area contributed by atoms with Gasteiger partial charge in [-0.15, -0.1) is 0 Å². The Balaban J connectivity index is 1.81. The van der Waals surface area contributed by atoms with Crippen LogP contribution in [0.3, 0.4) is 0 Å². The zero-order valence-corrected chi connectivity index (χ0v) is 12.7. The molecule has 1 aromatic carbocycles. The topological polar surface area (TPSA) is 43.6 Å². The molecule has 0 saturated carbocycles. The van der Waals surface area contributed by atoms with Crippen LogP contribution in [0, 0.1) is 0 Å². The normalized spacial score (nSPS) is 10.8. The first-order valence-electron chi connectivity index (χ1n) is 7.30. The highest BCUT2D eigenvalue weighted by Crippen LogP contribution is 2.16. The van der Waals surface area contributed by atoms with Crippen molar-refractivity contribution in [3.63, 3.8) is 0 Å². The number of benzene rings is 1. The predicted molar refractivity (Wildman–Crippen MR) is 82.2 cm³/mol. The van der Waals surface area contributed by atoms with Gasteiger partial charge >= 0.3 is 0 Å². The van der Waals surface area contributed by atoms with Crippen LogP contribution in [0.15, 0.2) is 41.0 Å². The van der Waals surface area contributed by atoms with Crippen molar-refractivity contribution in [2.24, 2.45) is 0 Å². The van der Waals surface area contributed by atoms with Crippen LogP contribution in [0.2, 0.25) is 0 Å². The Morgan fingerprint density at radius 2 is 2.10 bits per heavy atom. The first-order chi connectivity index (χ1) is 10.3. The van der Waals surface area contributed by atoms with Gasteiger partial charge in [0.05, 0.1) is 33.1 Å². The van der Waals surface area contributed by atoms with E-state index in [0.717, 1.165) is 42.1 Å². The molecular weight excluding hydrogens is 266 g/mol. The molecule has 4 heteroatoms. The van der Waals surface area contributed by atoms with Gasteiger partial charge in [0.2, 0.25) is 0 Å². The molecule has 0 saturated heterocycles. The summed E-state index contributed by atoms with van der Waals surface area (Å²) in [5.74, 6) is 1.80. The lowest BCUT2D eigenvalue weighted by atomic mass is 10.2. The third kappa shape index (κ3) is 4.92. The summed E-state index contributed by atoms with van der Waals surface area (Å²) in [4.78, 5) is 0. The average Bonchev–Trinajstić information content (AvgIpc) is 2.95. The maximum absolute atomic E-state index is 5.77. The van der Waals surface area contributed by atoms with E-state index >= 15 is 0 Å². The number of methoxy groups -OCH3 is 1. The van der Waals surface area contributed by atoms with Gasteiger partial charge < -0.3 is 19.2 Å². The molecule has 2 aromatic rings. The van der Waals surface area contributed by atoms with Gasteiger partial charge in [-0.05, 0) is 36.7 Å². The Morgan fingerprint density at radius 3 is 2.90 bits per heavy atom. The zero-order valence-electron chi connectivity index (χ0n) is 12.7. The molecule has 0 radical (unpaired) electrons. The monoisotopic (exact) mass is 289 g/mol. The molecule has 0 amide bonds. The number of ether oxygens (including phenoxy) is 2. The van der Waals surface area contributed by atoms with Crippen molar-refractivity contribution in [3.05, 3.63) is 53.5 Å². The molecule has 21 heavy (non-hydrogen) atoms. The molecule has 0 aliphatic heterocycles. The second-order valence-corrected chi connectivity index (χ2v) is 4.89. The second kappa shape index (κ2) is 8.49. The van der Waals surface area contributed by atoms with E-state index in [4.69, 9.17) is 13.9 Å². The van der Waals surface area contributed by atoms with Crippen molar-refractivity contribution in [2.45, 2.75) is 33.1 Å². The zero-order chi connectivity index (χ0) is 14.9. The van der Waals surface area contributed by atoms with Crippen LogP contribution >= 0.6 is 0 Å². The van der Waals surface area contributed by atoms with Crippen LogP contribution in [0.25, 0.3) is 0 Å². The third-order valence-corrected chi connectivity index (χ3v) is 3.21. The van der Waals surface area contributed by atoms with Crippen molar-refractivity contribution < 1.29 is 13.9 Å². The van der Waals surface area contributed by atoms with Gasteiger partial charge in [-0.25, -0.2) is 0 Å². The summed E-state index contributed by atoms with van der Waals surface area (Å²) in [5, 5.41) is 3.34. The van der Waals surface area contributed by atoms with Crippen LogP contribution in [-0.4, -0.2) is 13.7 Å². The molecule has 0 bridgehead atoms. The maximum Gasteiger partial charge on any atom is 0.123 e. The molecule has 0 unspecified atom stereocenters.